The van der Waals surface area contributed by atoms with Crippen molar-refractivity contribution in [3.8, 4) is 0 Å². The standard InChI is InChI=1S/C26H23N3O3S2/c1-4-32-25(31)22-15(2)28-26-29(23(22)16-9-11-18(33-3)12-10-16)24(30)21(34-26)13-17-14-27-20-8-6-5-7-19(17)20/h5-14,23,27H,4H2,1-3H3/b21-13-/t23-/m1/s1. The highest BCUT2D eigenvalue weighted by Crippen LogP contribution is 2.31. The molecule has 0 saturated heterocycles. The normalized spacial score (nSPS) is 16.0. The van der Waals surface area contributed by atoms with Gasteiger partial charge in [0.15, 0.2) is 4.80 Å². The van der Waals surface area contributed by atoms with Crippen LogP contribution in [-0.4, -0.2) is 28.4 Å². The molecule has 0 bridgehead atoms. The summed E-state index contributed by atoms with van der Waals surface area (Å²) in [6.07, 6.45) is 5.80. The lowest BCUT2D eigenvalue weighted by atomic mass is 9.96. The molecule has 1 aliphatic rings. The van der Waals surface area contributed by atoms with Crippen molar-refractivity contribution in [2.75, 3.05) is 12.9 Å². The molecule has 4 aromatic rings. The highest BCUT2D eigenvalue weighted by Gasteiger charge is 2.33. The molecule has 3 heterocycles. The van der Waals surface area contributed by atoms with Crippen LogP contribution in [0.15, 0.2) is 80.7 Å². The number of nitrogens with one attached hydrogen (secondary N) is 1. The molecule has 1 N–H and O–H groups in total. The van der Waals surface area contributed by atoms with Crippen molar-refractivity contribution < 1.29 is 9.53 Å². The molecule has 0 unspecified atom stereocenters. The highest BCUT2D eigenvalue weighted by molar-refractivity contribution is 7.98. The van der Waals surface area contributed by atoms with Crippen LogP contribution in [0, 0.1) is 0 Å². The molecule has 6 nitrogen and oxygen atoms in total. The Morgan fingerprint density at radius 2 is 2.00 bits per heavy atom. The van der Waals surface area contributed by atoms with Gasteiger partial charge in [-0.3, -0.25) is 9.36 Å². The van der Waals surface area contributed by atoms with Crippen LogP contribution in [0.5, 0.6) is 0 Å². The van der Waals surface area contributed by atoms with E-state index in [1.807, 2.05) is 67.1 Å². The molecular weight excluding hydrogens is 466 g/mol. The second-order valence-electron chi connectivity index (χ2n) is 7.87. The number of benzene rings is 2. The molecule has 1 atom stereocenters. The number of aromatic nitrogens is 2. The number of para-hydroxylation sites is 1. The number of ether oxygens (including phenoxy) is 1. The van der Waals surface area contributed by atoms with E-state index in [1.165, 1.54) is 11.3 Å². The van der Waals surface area contributed by atoms with Gasteiger partial charge in [-0.2, -0.15) is 0 Å². The number of aromatic amines is 1. The minimum atomic E-state index is -0.601. The molecule has 0 spiro atoms. The monoisotopic (exact) mass is 489 g/mol. The number of carbonyl (C=O) groups is 1. The van der Waals surface area contributed by atoms with Crippen molar-refractivity contribution in [2.45, 2.75) is 24.8 Å². The Morgan fingerprint density at radius 1 is 1.24 bits per heavy atom. The van der Waals surface area contributed by atoms with Gasteiger partial charge in [-0.05, 0) is 49.9 Å². The second kappa shape index (κ2) is 9.12. The lowest BCUT2D eigenvalue weighted by Crippen LogP contribution is -2.39. The van der Waals surface area contributed by atoms with Crippen molar-refractivity contribution in [3.63, 3.8) is 0 Å². The average molecular weight is 490 g/mol. The molecule has 172 valence electrons. The molecule has 0 aliphatic carbocycles. The van der Waals surface area contributed by atoms with Gasteiger partial charge in [0.25, 0.3) is 5.56 Å². The van der Waals surface area contributed by atoms with Gasteiger partial charge in [-0.15, -0.1) is 11.8 Å². The van der Waals surface area contributed by atoms with Gasteiger partial charge in [0.1, 0.15) is 0 Å². The average Bonchev–Trinajstić information content (AvgIpc) is 3.39. The van der Waals surface area contributed by atoms with Crippen LogP contribution in [0.3, 0.4) is 0 Å². The Hall–Kier alpha value is -3.36. The number of nitrogens with zero attached hydrogens (tertiary/aromatic N) is 2. The summed E-state index contributed by atoms with van der Waals surface area (Å²) in [5, 5.41) is 1.04. The molecule has 1 aliphatic heterocycles. The van der Waals surface area contributed by atoms with Crippen LogP contribution in [0.1, 0.15) is 31.0 Å². The van der Waals surface area contributed by atoms with Gasteiger partial charge < -0.3 is 9.72 Å². The summed E-state index contributed by atoms with van der Waals surface area (Å²) in [5.41, 5.74) is 3.57. The maximum absolute atomic E-state index is 13.7. The fraction of sp³-hybridized carbons (Fsp3) is 0.192. The number of H-pyrrole nitrogens is 1. The van der Waals surface area contributed by atoms with E-state index in [9.17, 15) is 9.59 Å². The zero-order valence-electron chi connectivity index (χ0n) is 19.0. The van der Waals surface area contributed by atoms with Gasteiger partial charge in [-0.25, -0.2) is 9.79 Å². The van der Waals surface area contributed by atoms with Gasteiger partial charge in [0.2, 0.25) is 0 Å². The second-order valence-corrected chi connectivity index (χ2v) is 9.75. The first-order valence-electron chi connectivity index (χ1n) is 10.9. The molecule has 5 rings (SSSR count). The lowest BCUT2D eigenvalue weighted by molar-refractivity contribution is -0.139. The maximum Gasteiger partial charge on any atom is 0.338 e. The van der Waals surface area contributed by atoms with E-state index in [0.29, 0.717) is 20.6 Å². The number of thiazole rings is 1. The van der Waals surface area contributed by atoms with Crippen LogP contribution in [-0.2, 0) is 9.53 Å². The molecule has 0 radical (unpaired) electrons. The molecule has 34 heavy (non-hydrogen) atoms. The van der Waals surface area contributed by atoms with Gasteiger partial charge in [-0.1, -0.05) is 41.7 Å². The smallest absolute Gasteiger partial charge is 0.338 e. The number of hydrogen-bond donors (Lipinski definition) is 1. The summed E-state index contributed by atoms with van der Waals surface area (Å²) < 4.78 is 7.54. The number of carbonyl (C=O) groups excluding carboxylic acids is 1. The predicted octanol–water partition coefficient (Wildman–Crippen LogP) is 4.00. The highest BCUT2D eigenvalue weighted by atomic mass is 32.2. The minimum Gasteiger partial charge on any atom is -0.463 e. The Morgan fingerprint density at radius 3 is 2.74 bits per heavy atom. The van der Waals surface area contributed by atoms with Crippen molar-refractivity contribution >= 4 is 46.0 Å². The van der Waals surface area contributed by atoms with E-state index in [2.05, 4.69) is 9.98 Å². The van der Waals surface area contributed by atoms with Gasteiger partial charge in [0, 0.05) is 27.6 Å². The molecule has 2 aromatic heterocycles. The quantitative estimate of drug-likeness (QED) is 0.340. The number of thioether (sulfide) groups is 1. The van der Waals surface area contributed by atoms with Crippen LogP contribution < -0.4 is 14.9 Å². The van der Waals surface area contributed by atoms with Crippen LogP contribution in [0.4, 0.5) is 0 Å². The van der Waals surface area contributed by atoms with E-state index in [4.69, 9.17) is 4.74 Å². The third-order valence-electron chi connectivity index (χ3n) is 5.86. The zero-order chi connectivity index (χ0) is 23.8. The number of allylic oxidation sites excluding steroid dienone is 1. The van der Waals surface area contributed by atoms with Crippen molar-refractivity contribution in [1.82, 2.24) is 9.55 Å². The maximum atomic E-state index is 13.7. The predicted molar refractivity (Wildman–Crippen MR) is 137 cm³/mol. The Labute approximate surface area is 204 Å². The summed E-state index contributed by atoms with van der Waals surface area (Å²) in [5.74, 6) is -0.450. The molecule has 2 aromatic carbocycles. The van der Waals surface area contributed by atoms with E-state index in [1.54, 1.807) is 30.2 Å². The number of fused-ring (bicyclic) bond motifs is 2. The molecule has 0 saturated carbocycles. The van der Waals surface area contributed by atoms with Crippen LogP contribution in [0.25, 0.3) is 17.0 Å². The SMILES string of the molecule is CCOC(=O)C1=C(C)N=c2s/c(=C\c3c[nH]c4ccccc34)c(=O)n2[C@@H]1c1ccc(SC)cc1. The Kier molecular flexibility index (Phi) is 6.02. The Bertz CT molecular complexity index is 1610. The van der Waals surface area contributed by atoms with Crippen LogP contribution in [0.2, 0.25) is 0 Å². The first kappa shape index (κ1) is 22.4. The molecule has 0 amide bonds. The third-order valence-corrected chi connectivity index (χ3v) is 7.58. The molecule has 0 fully saturated rings. The third kappa shape index (κ3) is 3.82. The van der Waals surface area contributed by atoms with E-state index >= 15 is 0 Å². The van der Waals surface area contributed by atoms with Crippen molar-refractivity contribution in [2.24, 2.45) is 4.99 Å². The first-order chi connectivity index (χ1) is 16.5. The number of rotatable bonds is 5. The van der Waals surface area contributed by atoms with Crippen molar-refractivity contribution in [1.29, 1.82) is 0 Å². The topological polar surface area (TPSA) is 76.4 Å². The Balaban J connectivity index is 1.73. The summed E-state index contributed by atoms with van der Waals surface area (Å²) in [7, 11) is 0. The van der Waals surface area contributed by atoms with Crippen molar-refractivity contribution in [3.05, 3.63) is 96.8 Å². The number of esters is 1. The molecule has 8 heteroatoms. The van der Waals surface area contributed by atoms with E-state index in [0.717, 1.165) is 26.9 Å². The fourth-order valence-electron chi connectivity index (χ4n) is 4.25. The van der Waals surface area contributed by atoms with Gasteiger partial charge >= 0.3 is 5.97 Å². The molecular formula is C26H23N3O3S2. The minimum absolute atomic E-state index is 0.178. The summed E-state index contributed by atoms with van der Waals surface area (Å²) in [4.78, 5) is 36.3. The summed E-state index contributed by atoms with van der Waals surface area (Å²) >= 11 is 2.97. The largest absolute Gasteiger partial charge is 0.463 e. The summed E-state index contributed by atoms with van der Waals surface area (Å²) in [6.45, 7) is 3.82. The lowest BCUT2D eigenvalue weighted by Gasteiger charge is -2.24. The van der Waals surface area contributed by atoms with Crippen LogP contribution >= 0.6 is 23.1 Å². The zero-order valence-corrected chi connectivity index (χ0v) is 20.6. The fourth-order valence-corrected chi connectivity index (χ4v) is 5.69. The van der Waals surface area contributed by atoms with E-state index in [-0.39, 0.29) is 12.2 Å². The van der Waals surface area contributed by atoms with E-state index < -0.39 is 12.0 Å². The number of hydrogen-bond acceptors (Lipinski definition) is 6. The first-order valence-corrected chi connectivity index (χ1v) is 13.0. The van der Waals surface area contributed by atoms with Gasteiger partial charge in [0.05, 0.1) is 28.5 Å². The summed E-state index contributed by atoms with van der Waals surface area (Å²) in [6, 6.07) is 15.3.